The Balaban J connectivity index is 0.00000372. The monoisotopic (exact) mass is 1340 g/mol. The van der Waals surface area contributed by atoms with E-state index < -0.39 is 63.4 Å². The molecule has 2 heterocycles. The van der Waals surface area contributed by atoms with Gasteiger partial charge in [-0.1, -0.05) is 249 Å². The Morgan fingerprint density at radius 1 is 0.378 bits per heavy atom. The van der Waals surface area contributed by atoms with Crippen LogP contribution in [0.25, 0.3) is 0 Å². The summed E-state index contributed by atoms with van der Waals surface area (Å²) in [6.07, 6.45) is -1.40. The van der Waals surface area contributed by atoms with Gasteiger partial charge < -0.3 is 28.7 Å². The van der Waals surface area contributed by atoms with Crippen molar-refractivity contribution in [2.75, 3.05) is 0 Å². The molecule has 0 aromatic heterocycles. The summed E-state index contributed by atoms with van der Waals surface area (Å²) in [7, 11) is -6.05. The predicted octanol–water partition coefficient (Wildman–Crippen LogP) is 15.9. The van der Waals surface area contributed by atoms with Gasteiger partial charge in [-0.15, -0.1) is 12.1 Å². The number of benzene rings is 9. The minimum atomic E-state index is -3.02. The summed E-state index contributed by atoms with van der Waals surface area (Å²) in [6.45, 7) is 6.53. The number of hydrogen-bond donors (Lipinski definition) is 2. The Kier molecular flexibility index (Phi) is 19.1. The Morgan fingerprint density at radius 3 is 0.841 bits per heavy atom. The molecular formula is C68H65IO10P2Pd+2. The van der Waals surface area contributed by atoms with Crippen LogP contribution < -0.4 is 9.05 Å². The van der Waals surface area contributed by atoms with Crippen LogP contribution in [0.15, 0.2) is 261 Å². The van der Waals surface area contributed by atoms with Gasteiger partial charge in [0.25, 0.3) is 0 Å². The molecule has 9 aromatic rings. The van der Waals surface area contributed by atoms with Crippen LogP contribution >= 0.6 is 36.7 Å². The molecule has 14 heteroatoms. The van der Waals surface area contributed by atoms with Crippen molar-refractivity contribution < 1.29 is 62.4 Å². The van der Waals surface area contributed by atoms with E-state index in [2.05, 4.69) is 21.7 Å². The number of ether oxygens (including phenoxy) is 2. The fraction of sp³-hybridized carbons (Fsp3) is 0.206. The molecule has 0 bridgehead atoms. The van der Waals surface area contributed by atoms with Gasteiger partial charge in [0.15, 0.2) is 34.0 Å². The normalized spacial score (nSPS) is 20.2. The van der Waals surface area contributed by atoms with E-state index in [1.54, 1.807) is 39.8 Å². The maximum atomic E-state index is 11.8. The molecule has 422 valence electrons. The van der Waals surface area contributed by atoms with Crippen molar-refractivity contribution in [1.82, 2.24) is 0 Å². The second-order valence-corrected chi connectivity index (χ2v) is 23.3. The van der Waals surface area contributed by atoms with Crippen molar-refractivity contribution in [2.24, 2.45) is 0 Å². The molecule has 2 aliphatic rings. The van der Waals surface area contributed by atoms with Crippen LogP contribution in [0.3, 0.4) is 0 Å². The predicted molar refractivity (Wildman–Crippen MR) is 328 cm³/mol. The fourth-order valence-corrected chi connectivity index (χ4v) is 14.6. The molecule has 4 atom stereocenters. The third-order valence-electron chi connectivity index (χ3n) is 14.6. The number of aliphatic hydroxyl groups is 2. The molecule has 0 amide bonds. The van der Waals surface area contributed by atoms with Crippen LogP contribution in [0, 0.1) is 6.07 Å². The van der Waals surface area contributed by atoms with Gasteiger partial charge in [-0.25, -0.2) is 0 Å². The fourth-order valence-electron chi connectivity index (χ4n) is 11.3. The summed E-state index contributed by atoms with van der Waals surface area (Å²) < 4.78 is 58.6. The van der Waals surface area contributed by atoms with E-state index in [1.165, 1.54) is 0 Å². The van der Waals surface area contributed by atoms with Crippen LogP contribution in [0.2, 0.25) is 0 Å². The van der Waals surface area contributed by atoms with Crippen molar-refractivity contribution in [3.8, 4) is 11.5 Å². The third-order valence-corrected chi connectivity index (χ3v) is 17.4. The molecule has 0 aliphatic carbocycles. The molecule has 9 aromatic carbocycles. The Bertz CT molecular complexity index is 3020. The molecule has 11 rings (SSSR count). The molecule has 0 saturated carbocycles. The van der Waals surface area contributed by atoms with E-state index >= 15 is 0 Å². The summed E-state index contributed by atoms with van der Waals surface area (Å²) in [4.78, 5) is 0. The van der Waals surface area contributed by atoms with Gasteiger partial charge in [0, 0.05) is 12.8 Å². The first kappa shape index (κ1) is 59.7. The van der Waals surface area contributed by atoms with Crippen LogP contribution in [0.1, 0.15) is 85.0 Å². The van der Waals surface area contributed by atoms with Crippen molar-refractivity contribution in [3.63, 3.8) is 0 Å². The van der Waals surface area contributed by atoms with Crippen molar-refractivity contribution >= 4 is 36.7 Å². The standard InChI is InChI=1S/C68H65O10P2.HI.Pd/c1-63(2,69)71-61-49-65(51-30-13-5-14-31-51,52-32-15-6-16-33-52)75-79(77-67(61,55-38-21-9-22-39-55)56-40-23-10-24-41-56)73-59-46-29-47-60(48-59)74-80-76-66(53-34-17-7-18-35-53,54-36-19-8-20-37-54)50-62(72-64(3,4)70)68(78-80,57-42-25-11-26-43-57)58-44-27-12-28-45-58;;/h5-47,61-62,69-70,79-80H,49-50H2,1-4H3;1H;/q+1;;+2/p-1. The van der Waals surface area contributed by atoms with E-state index in [0.29, 0.717) is 0 Å². The van der Waals surface area contributed by atoms with Crippen LogP contribution in [-0.2, 0) is 65.6 Å². The van der Waals surface area contributed by atoms with Crippen LogP contribution in [-0.4, -0.2) is 34.0 Å². The van der Waals surface area contributed by atoms with E-state index in [9.17, 15) is 10.2 Å². The Labute approximate surface area is 505 Å². The van der Waals surface area contributed by atoms with E-state index in [-0.39, 0.29) is 24.3 Å². The van der Waals surface area contributed by atoms with Crippen molar-refractivity contribution in [1.29, 1.82) is 0 Å². The summed E-state index contributed by atoms with van der Waals surface area (Å²) in [5, 5.41) is 23.5. The zero-order valence-corrected chi connectivity index (χ0v) is 51.5. The molecule has 2 N–H and O–H groups in total. The van der Waals surface area contributed by atoms with Gasteiger partial charge >= 0.3 is 52.3 Å². The quantitative estimate of drug-likeness (QED) is 0.0319. The molecule has 10 nitrogen and oxygen atoms in total. The summed E-state index contributed by atoms with van der Waals surface area (Å²) >= 11 is 4.72. The summed E-state index contributed by atoms with van der Waals surface area (Å²) in [5.41, 5.74) is 1.09. The Morgan fingerprint density at radius 2 is 0.610 bits per heavy atom. The summed E-state index contributed by atoms with van der Waals surface area (Å²) in [5.74, 6) is -2.72. The van der Waals surface area contributed by atoms with Gasteiger partial charge in [0.05, 0.1) is 11.5 Å². The summed E-state index contributed by atoms with van der Waals surface area (Å²) in [6, 6.07) is 88.6. The Hall–Kier alpha value is -5.49. The minimum absolute atomic E-state index is 0.187. The van der Waals surface area contributed by atoms with Crippen molar-refractivity contribution in [2.45, 2.75) is 86.7 Å². The zero-order chi connectivity index (χ0) is 57.3. The van der Waals surface area contributed by atoms with E-state index in [1.807, 2.05) is 268 Å². The zero-order valence-electron chi connectivity index (χ0n) is 45.7. The van der Waals surface area contributed by atoms with Crippen LogP contribution in [0.5, 0.6) is 11.5 Å². The van der Waals surface area contributed by atoms with Gasteiger partial charge in [-0.05, 0) is 72.2 Å². The molecule has 2 aliphatic heterocycles. The molecule has 0 spiro atoms. The molecule has 0 radical (unpaired) electrons. The SMILES string of the molecule is CC(C)(O)OC1CC(c2ccccc2)(c2ccccc2)O[PH+](Oc2[c-]c(O[PH+]3OC(c4ccccc4)(c4ccccc4)CC(OC(C)(C)O)C(c4ccccc4)(c4ccccc4)O3)ccc2)OC1(c1ccccc1)c1ccccc1.[Pd+][I]. The molecule has 2 saturated heterocycles. The first-order valence-corrected chi connectivity index (χ1v) is 34.1. The molecule has 2 fully saturated rings. The second-order valence-electron chi connectivity index (χ2n) is 21.1. The van der Waals surface area contributed by atoms with Crippen molar-refractivity contribution in [3.05, 3.63) is 311 Å². The maximum absolute atomic E-state index is 11.8. The van der Waals surface area contributed by atoms with E-state index in [4.69, 9.17) is 36.6 Å². The average molecular weight is 1340 g/mol. The van der Waals surface area contributed by atoms with Gasteiger partial charge in [-0.3, -0.25) is 0 Å². The molecule has 4 unspecified atom stereocenters. The molecular weight excluding hydrogens is 1270 g/mol. The van der Waals surface area contributed by atoms with Gasteiger partial charge in [-0.2, -0.15) is 24.2 Å². The van der Waals surface area contributed by atoms with E-state index in [0.717, 1.165) is 44.5 Å². The number of rotatable bonds is 16. The number of hydrogen-bond acceptors (Lipinski definition) is 10. The van der Waals surface area contributed by atoms with Gasteiger partial charge in [0.2, 0.25) is 0 Å². The van der Waals surface area contributed by atoms with Crippen LogP contribution in [0.4, 0.5) is 0 Å². The molecule has 82 heavy (non-hydrogen) atoms. The number of halogens is 1. The topological polar surface area (TPSA) is 114 Å². The van der Waals surface area contributed by atoms with Gasteiger partial charge in [0.1, 0.15) is 12.2 Å². The first-order chi connectivity index (χ1) is 39.8. The average Bonchev–Trinajstić information content (AvgIpc) is 3.71. The second kappa shape index (κ2) is 26.2. The first-order valence-electron chi connectivity index (χ1n) is 27.0. The third kappa shape index (κ3) is 12.9.